The number of carbonyl (C=O) groups excluding carboxylic acids is 2. The molecule has 2 heterocycles. The van der Waals surface area contributed by atoms with Crippen molar-refractivity contribution in [3.05, 3.63) is 64.2 Å². The van der Waals surface area contributed by atoms with Crippen molar-refractivity contribution in [2.45, 2.75) is 30.7 Å². The maximum atomic E-state index is 12.7. The Hall–Kier alpha value is -1.82. The Morgan fingerprint density at radius 2 is 1.90 bits per heavy atom. The van der Waals surface area contributed by atoms with Crippen molar-refractivity contribution in [1.82, 2.24) is 10.2 Å². The predicted octanol–water partition coefficient (Wildman–Crippen LogP) is 4.66. The molecule has 4 nitrogen and oxygen atoms in total. The SMILES string of the molecule is O=C1CCSc2c1cccc2C(=O)NCC1CCN(Cc2ccc(Cl)cc2)CC1. The largest absolute Gasteiger partial charge is 0.352 e. The molecule has 1 saturated heterocycles. The van der Waals surface area contributed by atoms with Gasteiger partial charge in [0.05, 0.1) is 5.56 Å². The molecule has 0 saturated carbocycles. The second-order valence-corrected chi connectivity index (χ2v) is 9.30. The predicted molar refractivity (Wildman–Crippen MR) is 118 cm³/mol. The summed E-state index contributed by atoms with van der Waals surface area (Å²) in [5, 5.41) is 3.88. The van der Waals surface area contributed by atoms with E-state index in [1.807, 2.05) is 30.3 Å². The van der Waals surface area contributed by atoms with Crippen molar-refractivity contribution in [3.63, 3.8) is 0 Å². The number of nitrogens with one attached hydrogen (secondary N) is 1. The summed E-state index contributed by atoms with van der Waals surface area (Å²) in [6, 6.07) is 13.5. The van der Waals surface area contributed by atoms with E-state index in [-0.39, 0.29) is 11.7 Å². The first kappa shape index (κ1) is 20.5. The van der Waals surface area contributed by atoms with Crippen molar-refractivity contribution in [2.75, 3.05) is 25.4 Å². The summed E-state index contributed by atoms with van der Waals surface area (Å²) in [7, 11) is 0. The third kappa shape index (κ3) is 5.03. The van der Waals surface area contributed by atoms with E-state index in [4.69, 9.17) is 11.6 Å². The highest BCUT2D eigenvalue weighted by molar-refractivity contribution is 7.99. The number of fused-ring (bicyclic) bond motifs is 1. The molecule has 6 heteroatoms. The summed E-state index contributed by atoms with van der Waals surface area (Å²) in [5.41, 5.74) is 2.62. The summed E-state index contributed by atoms with van der Waals surface area (Å²) in [4.78, 5) is 28.1. The molecule has 1 N–H and O–H groups in total. The normalized spacial score (nSPS) is 17.8. The Labute approximate surface area is 181 Å². The lowest BCUT2D eigenvalue weighted by atomic mass is 9.96. The molecule has 152 valence electrons. The molecule has 0 aliphatic carbocycles. The molecule has 0 radical (unpaired) electrons. The number of hydrogen-bond donors (Lipinski definition) is 1. The molecule has 1 amide bonds. The smallest absolute Gasteiger partial charge is 0.252 e. The molecule has 2 aromatic rings. The van der Waals surface area contributed by atoms with E-state index in [0.717, 1.165) is 48.1 Å². The molecule has 0 atom stereocenters. The van der Waals surface area contributed by atoms with Crippen LogP contribution in [-0.4, -0.2) is 42.0 Å². The fourth-order valence-electron chi connectivity index (χ4n) is 4.00. The Morgan fingerprint density at radius 3 is 2.66 bits per heavy atom. The van der Waals surface area contributed by atoms with Gasteiger partial charge < -0.3 is 5.32 Å². The molecule has 2 aromatic carbocycles. The lowest BCUT2D eigenvalue weighted by Crippen LogP contribution is -2.38. The second kappa shape index (κ2) is 9.33. The van der Waals surface area contributed by atoms with Crippen LogP contribution in [0.25, 0.3) is 0 Å². The molecule has 29 heavy (non-hydrogen) atoms. The van der Waals surface area contributed by atoms with Gasteiger partial charge >= 0.3 is 0 Å². The summed E-state index contributed by atoms with van der Waals surface area (Å²) in [5.74, 6) is 1.32. The van der Waals surface area contributed by atoms with Gasteiger partial charge in [-0.2, -0.15) is 0 Å². The zero-order valence-corrected chi connectivity index (χ0v) is 17.9. The number of thioether (sulfide) groups is 1. The molecular formula is C23H25ClN2O2S. The monoisotopic (exact) mass is 428 g/mol. The average Bonchev–Trinajstić information content (AvgIpc) is 2.75. The van der Waals surface area contributed by atoms with Crippen LogP contribution >= 0.6 is 23.4 Å². The highest BCUT2D eigenvalue weighted by Crippen LogP contribution is 2.33. The zero-order valence-electron chi connectivity index (χ0n) is 16.3. The van der Waals surface area contributed by atoms with Crippen LogP contribution in [0.3, 0.4) is 0 Å². The van der Waals surface area contributed by atoms with Crippen LogP contribution in [0, 0.1) is 5.92 Å². The van der Waals surface area contributed by atoms with Crippen molar-refractivity contribution in [3.8, 4) is 0 Å². The standard InChI is InChI=1S/C23H25ClN2O2S/c24-18-6-4-17(5-7-18)15-26-11-8-16(9-12-26)14-25-23(28)20-3-1-2-19-21(27)10-13-29-22(19)20/h1-7,16H,8-15H2,(H,25,28). The molecule has 0 bridgehead atoms. The van der Waals surface area contributed by atoms with Crippen LogP contribution in [-0.2, 0) is 6.54 Å². The van der Waals surface area contributed by atoms with E-state index in [9.17, 15) is 9.59 Å². The topological polar surface area (TPSA) is 49.4 Å². The van der Waals surface area contributed by atoms with Crippen molar-refractivity contribution in [2.24, 2.45) is 5.92 Å². The van der Waals surface area contributed by atoms with Gasteiger partial charge in [-0.3, -0.25) is 14.5 Å². The molecule has 2 aliphatic heterocycles. The molecule has 2 aliphatic rings. The van der Waals surface area contributed by atoms with E-state index in [2.05, 4.69) is 22.3 Å². The molecular weight excluding hydrogens is 404 g/mol. The third-order valence-electron chi connectivity index (χ3n) is 5.71. The molecule has 4 rings (SSSR count). The van der Waals surface area contributed by atoms with E-state index in [1.165, 1.54) is 5.56 Å². The quantitative estimate of drug-likeness (QED) is 0.752. The summed E-state index contributed by atoms with van der Waals surface area (Å²) in [6.45, 7) is 3.70. The first-order valence-electron chi connectivity index (χ1n) is 10.1. The number of piperidine rings is 1. The first-order valence-corrected chi connectivity index (χ1v) is 11.5. The van der Waals surface area contributed by atoms with Gasteiger partial charge in [0.15, 0.2) is 5.78 Å². The van der Waals surface area contributed by atoms with Gasteiger partial charge in [-0.25, -0.2) is 0 Å². The van der Waals surface area contributed by atoms with Crippen LogP contribution in [0.15, 0.2) is 47.4 Å². The van der Waals surface area contributed by atoms with Gasteiger partial charge in [0.25, 0.3) is 5.91 Å². The Bertz CT molecular complexity index is 892. The van der Waals surface area contributed by atoms with Crippen LogP contribution in [0.4, 0.5) is 0 Å². The number of carbonyl (C=O) groups is 2. The van der Waals surface area contributed by atoms with E-state index in [1.54, 1.807) is 11.8 Å². The number of halogens is 1. The molecule has 0 spiro atoms. The maximum absolute atomic E-state index is 12.7. The zero-order chi connectivity index (χ0) is 20.2. The van der Waals surface area contributed by atoms with Gasteiger partial charge in [-0.15, -0.1) is 11.8 Å². The number of likely N-dealkylation sites (tertiary alicyclic amines) is 1. The molecule has 0 aromatic heterocycles. The van der Waals surface area contributed by atoms with E-state index < -0.39 is 0 Å². The molecule has 1 fully saturated rings. The minimum absolute atomic E-state index is 0.0624. The Morgan fingerprint density at radius 1 is 1.14 bits per heavy atom. The van der Waals surface area contributed by atoms with Crippen molar-refractivity contribution in [1.29, 1.82) is 0 Å². The van der Waals surface area contributed by atoms with Gasteiger partial charge in [-0.05, 0) is 55.6 Å². The number of ketones is 1. The number of benzene rings is 2. The highest BCUT2D eigenvalue weighted by atomic mass is 35.5. The third-order valence-corrected chi connectivity index (χ3v) is 7.10. The fourth-order valence-corrected chi connectivity index (χ4v) is 5.27. The lowest BCUT2D eigenvalue weighted by molar-refractivity contribution is 0.0932. The van der Waals surface area contributed by atoms with Crippen molar-refractivity contribution < 1.29 is 9.59 Å². The highest BCUT2D eigenvalue weighted by Gasteiger charge is 2.24. The summed E-state index contributed by atoms with van der Waals surface area (Å²) >= 11 is 7.57. The van der Waals surface area contributed by atoms with Crippen LogP contribution < -0.4 is 5.32 Å². The van der Waals surface area contributed by atoms with E-state index in [0.29, 0.717) is 30.0 Å². The number of hydrogen-bond acceptors (Lipinski definition) is 4. The average molecular weight is 429 g/mol. The van der Waals surface area contributed by atoms with Crippen LogP contribution in [0.1, 0.15) is 45.5 Å². The molecule has 0 unspecified atom stereocenters. The summed E-state index contributed by atoms with van der Waals surface area (Å²) < 4.78 is 0. The minimum atomic E-state index is -0.0624. The van der Waals surface area contributed by atoms with E-state index >= 15 is 0 Å². The maximum Gasteiger partial charge on any atom is 0.252 e. The second-order valence-electron chi connectivity index (χ2n) is 7.76. The number of amides is 1. The fraction of sp³-hybridized carbons (Fsp3) is 0.391. The minimum Gasteiger partial charge on any atom is -0.352 e. The van der Waals surface area contributed by atoms with Gasteiger partial charge in [0.1, 0.15) is 0 Å². The lowest BCUT2D eigenvalue weighted by Gasteiger charge is -2.32. The first-order chi connectivity index (χ1) is 14.1. The van der Waals surface area contributed by atoms with Gasteiger partial charge in [0, 0.05) is 40.7 Å². The number of rotatable bonds is 5. The van der Waals surface area contributed by atoms with Gasteiger partial charge in [0.2, 0.25) is 0 Å². The number of nitrogens with zero attached hydrogens (tertiary/aromatic N) is 1. The summed E-state index contributed by atoms with van der Waals surface area (Å²) in [6.07, 6.45) is 2.71. The Kier molecular flexibility index (Phi) is 6.58. The van der Waals surface area contributed by atoms with Crippen LogP contribution in [0.2, 0.25) is 5.02 Å². The Balaban J connectivity index is 1.27. The van der Waals surface area contributed by atoms with Gasteiger partial charge in [-0.1, -0.05) is 35.9 Å². The van der Waals surface area contributed by atoms with Crippen molar-refractivity contribution >= 4 is 35.1 Å². The number of Topliss-reactive ketones (excluding diaryl/α,β-unsaturated/α-hetero) is 1. The van der Waals surface area contributed by atoms with Crippen LogP contribution in [0.5, 0.6) is 0 Å².